The summed E-state index contributed by atoms with van der Waals surface area (Å²) >= 11 is 0. The zero-order chi connectivity index (χ0) is 18.3. The number of amides is 1. The Bertz CT molecular complexity index is 649. The Balaban J connectivity index is 2.07. The molecule has 0 atom stereocenters. The third kappa shape index (κ3) is 3.80. The molecule has 1 fully saturated rings. The normalized spacial score (nSPS) is 16.8. The first-order chi connectivity index (χ1) is 10.9. The van der Waals surface area contributed by atoms with Crippen LogP contribution in [-0.2, 0) is 4.74 Å². The summed E-state index contributed by atoms with van der Waals surface area (Å²) in [6.07, 6.45) is -0.348. The van der Waals surface area contributed by atoms with Gasteiger partial charge in [-0.3, -0.25) is 4.79 Å². The van der Waals surface area contributed by atoms with Crippen LogP contribution in [0.2, 0.25) is 0 Å². The zero-order valence-electron chi connectivity index (χ0n) is 15.9. The van der Waals surface area contributed by atoms with Gasteiger partial charge in [-0.05, 0) is 57.7 Å². The fourth-order valence-corrected chi connectivity index (χ4v) is 3.21. The molecule has 0 aromatic heterocycles. The van der Waals surface area contributed by atoms with Crippen LogP contribution in [0.3, 0.4) is 0 Å². The van der Waals surface area contributed by atoms with Crippen LogP contribution in [0.1, 0.15) is 68.9 Å². The lowest BCUT2D eigenvalue weighted by Gasteiger charge is -2.46. The monoisotopic (exact) mass is 331 g/mol. The highest BCUT2D eigenvalue weighted by molar-refractivity contribution is 6.02. The van der Waals surface area contributed by atoms with Crippen molar-refractivity contribution in [1.29, 1.82) is 0 Å². The molecule has 0 saturated carbocycles. The molecule has 1 amide bonds. The molecular weight excluding hydrogens is 302 g/mol. The van der Waals surface area contributed by atoms with Crippen molar-refractivity contribution in [3.05, 3.63) is 34.9 Å². The number of Topliss-reactive ketones (excluding diaryl/α,β-unsaturated/α-hetero) is 1. The first-order valence-electron chi connectivity index (χ1n) is 8.56. The number of likely N-dealkylation sites (tertiary alicyclic amines) is 1. The maximum Gasteiger partial charge on any atom is 0.410 e. The number of carbonyl (C=O) groups excluding carboxylic acids is 2. The van der Waals surface area contributed by atoms with Gasteiger partial charge in [0.1, 0.15) is 5.60 Å². The lowest BCUT2D eigenvalue weighted by Crippen LogP contribution is -2.61. The molecular formula is C20H29NO3. The summed E-state index contributed by atoms with van der Waals surface area (Å²) in [7, 11) is 0. The van der Waals surface area contributed by atoms with Crippen molar-refractivity contribution >= 4 is 11.9 Å². The Morgan fingerprint density at radius 2 is 1.79 bits per heavy atom. The predicted molar refractivity (Wildman–Crippen MR) is 95.5 cm³/mol. The topological polar surface area (TPSA) is 46.6 Å². The number of benzene rings is 1. The van der Waals surface area contributed by atoms with Crippen molar-refractivity contribution in [3.63, 3.8) is 0 Å². The van der Waals surface area contributed by atoms with Gasteiger partial charge in [0.25, 0.3) is 0 Å². The second kappa shape index (κ2) is 6.23. The average Bonchev–Trinajstić information content (AvgIpc) is 2.40. The Hall–Kier alpha value is -1.84. The minimum absolute atomic E-state index is 0.0979. The Kier molecular flexibility index (Phi) is 4.80. The van der Waals surface area contributed by atoms with E-state index in [2.05, 4.69) is 13.8 Å². The van der Waals surface area contributed by atoms with Crippen LogP contribution in [0.25, 0.3) is 0 Å². The van der Waals surface area contributed by atoms with Crippen LogP contribution in [0.15, 0.2) is 18.2 Å². The second-order valence-corrected chi connectivity index (χ2v) is 8.45. The van der Waals surface area contributed by atoms with Gasteiger partial charge in [0.2, 0.25) is 0 Å². The summed E-state index contributed by atoms with van der Waals surface area (Å²) in [6, 6.07) is 5.92. The number of ketones is 1. The van der Waals surface area contributed by atoms with Crippen LogP contribution in [0.4, 0.5) is 4.79 Å². The van der Waals surface area contributed by atoms with Crippen molar-refractivity contribution in [1.82, 2.24) is 4.90 Å². The van der Waals surface area contributed by atoms with Crippen molar-refractivity contribution in [2.75, 3.05) is 13.1 Å². The van der Waals surface area contributed by atoms with Crippen LogP contribution >= 0.6 is 0 Å². The summed E-state index contributed by atoms with van der Waals surface area (Å²) < 4.78 is 5.36. The van der Waals surface area contributed by atoms with E-state index in [0.29, 0.717) is 19.0 Å². The van der Waals surface area contributed by atoms with Gasteiger partial charge in [-0.1, -0.05) is 26.0 Å². The Labute approximate surface area is 145 Å². The molecule has 24 heavy (non-hydrogen) atoms. The molecule has 4 nitrogen and oxygen atoms in total. The van der Waals surface area contributed by atoms with Crippen molar-refractivity contribution in [3.8, 4) is 0 Å². The Morgan fingerprint density at radius 1 is 1.21 bits per heavy atom. The van der Waals surface area contributed by atoms with Gasteiger partial charge in [-0.15, -0.1) is 0 Å². The largest absolute Gasteiger partial charge is 0.444 e. The second-order valence-electron chi connectivity index (χ2n) is 8.45. The van der Waals surface area contributed by atoms with Gasteiger partial charge < -0.3 is 9.64 Å². The van der Waals surface area contributed by atoms with E-state index in [1.54, 1.807) is 4.90 Å². The number of rotatable bonds is 3. The van der Waals surface area contributed by atoms with Crippen LogP contribution < -0.4 is 0 Å². The molecule has 0 spiro atoms. The summed E-state index contributed by atoms with van der Waals surface area (Å²) in [5, 5.41) is 0. The number of ether oxygens (including phenoxy) is 1. The summed E-state index contributed by atoms with van der Waals surface area (Å²) in [4.78, 5) is 26.5. The number of aryl methyl sites for hydroxylation is 1. The fraction of sp³-hybridized carbons (Fsp3) is 0.600. The SMILES string of the molecule is Cc1cc(C(=O)C2(C)CN(C(=O)OC(C)(C)C)C2)ccc1C(C)C. The molecule has 1 heterocycles. The molecule has 132 valence electrons. The molecule has 2 rings (SSSR count). The van der Waals surface area contributed by atoms with E-state index < -0.39 is 11.0 Å². The first kappa shape index (κ1) is 18.5. The molecule has 4 heteroatoms. The quantitative estimate of drug-likeness (QED) is 0.763. The first-order valence-corrected chi connectivity index (χ1v) is 8.56. The lowest BCUT2D eigenvalue weighted by atomic mass is 9.75. The summed E-state index contributed by atoms with van der Waals surface area (Å²) in [5.74, 6) is 0.539. The van der Waals surface area contributed by atoms with Crippen LogP contribution in [0.5, 0.6) is 0 Å². The van der Waals surface area contributed by atoms with E-state index in [1.165, 1.54) is 5.56 Å². The summed E-state index contributed by atoms with van der Waals surface area (Å²) in [5.41, 5.74) is 2.09. The molecule has 1 aliphatic heterocycles. The van der Waals surface area contributed by atoms with Crippen molar-refractivity contribution < 1.29 is 14.3 Å². The van der Waals surface area contributed by atoms with Gasteiger partial charge in [0.05, 0.1) is 5.41 Å². The maximum absolute atomic E-state index is 12.9. The Morgan fingerprint density at radius 3 is 2.25 bits per heavy atom. The average molecular weight is 331 g/mol. The van der Waals surface area contributed by atoms with E-state index in [9.17, 15) is 9.59 Å². The zero-order valence-corrected chi connectivity index (χ0v) is 15.9. The van der Waals surface area contributed by atoms with Crippen LogP contribution in [-0.4, -0.2) is 35.5 Å². The molecule has 0 radical (unpaired) electrons. The molecule has 0 aliphatic carbocycles. The van der Waals surface area contributed by atoms with E-state index >= 15 is 0 Å². The van der Waals surface area contributed by atoms with Crippen LogP contribution in [0, 0.1) is 12.3 Å². The minimum Gasteiger partial charge on any atom is -0.444 e. The maximum atomic E-state index is 12.9. The summed E-state index contributed by atoms with van der Waals surface area (Å²) in [6.45, 7) is 14.6. The standard InChI is InChI=1S/C20H29NO3/c1-13(2)16-9-8-15(10-14(16)3)17(22)20(7)11-21(12-20)18(23)24-19(4,5)6/h8-10,13H,11-12H2,1-7H3. The number of nitrogens with zero attached hydrogens (tertiary/aromatic N) is 1. The van der Waals surface area contributed by atoms with E-state index in [1.807, 2.05) is 52.8 Å². The van der Waals surface area contributed by atoms with E-state index in [-0.39, 0.29) is 11.9 Å². The molecule has 0 bridgehead atoms. The fourth-order valence-electron chi connectivity index (χ4n) is 3.21. The van der Waals surface area contributed by atoms with E-state index in [4.69, 9.17) is 4.74 Å². The van der Waals surface area contributed by atoms with E-state index in [0.717, 1.165) is 11.1 Å². The highest BCUT2D eigenvalue weighted by atomic mass is 16.6. The van der Waals surface area contributed by atoms with Crippen molar-refractivity contribution in [2.24, 2.45) is 5.41 Å². The number of hydrogen-bond donors (Lipinski definition) is 0. The van der Waals surface area contributed by atoms with Gasteiger partial charge in [-0.2, -0.15) is 0 Å². The molecule has 0 N–H and O–H groups in total. The highest BCUT2D eigenvalue weighted by Crippen LogP contribution is 2.35. The number of hydrogen-bond acceptors (Lipinski definition) is 3. The van der Waals surface area contributed by atoms with Gasteiger partial charge in [-0.25, -0.2) is 4.79 Å². The molecule has 1 saturated heterocycles. The molecule has 1 aromatic rings. The predicted octanol–water partition coefficient (Wildman–Crippen LogP) is 4.56. The molecule has 1 aliphatic rings. The highest BCUT2D eigenvalue weighted by Gasteiger charge is 2.48. The molecule has 1 aromatic carbocycles. The lowest BCUT2D eigenvalue weighted by molar-refractivity contribution is -0.0197. The van der Waals surface area contributed by atoms with Gasteiger partial charge >= 0.3 is 6.09 Å². The third-order valence-electron chi connectivity index (χ3n) is 4.43. The number of carbonyl (C=O) groups is 2. The smallest absolute Gasteiger partial charge is 0.410 e. The minimum atomic E-state index is -0.525. The van der Waals surface area contributed by atoms with Gasteiger partial charge in [0.15, 0.2) is 5.78 Å². The van der Waals surface area contributed by atoms with Crippen molar-refractivity contribution in [2.45, 2.75) is 60.0 Å². The third-order valence-corrected chi connectivity index (χ3v) is 4.43. The molecule has 0 unspecified atom stereocenters. The van der Waals surface area contributed by atoms with Gasteiger partial charge in [0, 0.05) is 18.7 Å².